The van der Waals surface area contributed by atoms with Crippen LogP contribution in [-0.4, -0.2) is 16.6 Å². The van der Waals surface area contributed by atoms with E-state index in [4.69, 9.17) is 11.6 Å². The molecule has 82 valence electrons. The van der Waals surface area contributed by atoms with Crippen molar-refractivity contribution in [2.75, 3.05) is 6.61 Å². The molecular weight excluding hydrogens is 218 g/mol. The summed E-state index contributed by atoms with van der Waals surface area (Å²) in [4.78, 5) is 10.3. The van der Waals surface area contributed by atoms with Crippen LogP contribution in [0.1, 0.15) is 19.4 Å². The Balaban J connectivity index is 3.44. The van der Waals surface area contributed by atoms with Crippen LogP contribution >= 0.6 is 11.6 Å². The molecule has 0 atom stereocenters. The largest absolute Gasteiger partial charge is 0.395 e. The van der Waals surface area contributed by atoms with Gasteiger partial charge >= 0.3 is 0 Å². The first-order valence-corrected chi connectivity index (χ1v) is 4.82. The summed E-state index contributed by atoms with van der Waals surface area (Å²) in [5.74, 6) is 0. The van der Waals surface area contributed by atoms with Crippen LogP contribution < -0.4 is 0 Å². The molecular formula is C10H12ClNO3. The summed E-state index contributed by atoms with van der Waals surface area (Å²) in [5, 5.41) is 20.3. The van der Waals surface area contributed by atoms with Gasteiger partial charge in [-0.2, -0.15) is 0 Å². The maximum absolute atomic E-state index is 10.8. The molecule has 0 bridgehead atoms. The number of rotatable bonds is 3. The molecule has 1 aromatic carbocycles. The molecule has 1 aromatic rings. The Labute approximate surface area is 92.6 Å². The zero-order chi connectivity index (χ0) is 11.6. The maximum atomic E-state index is 10.8. The highest BCUT2D eigenvalue weighted by Gasteiger charge is 2.30. The van der Waals surface area contributed by atoms with E-state index in [0.29, 0.717) is 10.6 Å². The van der Waals surface area contributed by atoms with Crippen molar-refractivity contribution in [3.05, 3.63) is 38.9 Å². The summed E-state index contributed by atoms with van der Waals surface area (Å²) in [6.45, 7) is 3.22. The van der Waals surface area contributed by atoms with Gasteiger partial charge in [0.05, 0.1) is 22.1 Å². The molecule has 5 heteroatoms. The lowest BCUT2D eigenvalue weighted by molar-refractivity contribution is -0.386. The fraction of sp³-hybridized carbons (Fsp3) is 0.400. The lowest BCUT2D eigenvalue weighted by atomic mass is 9.84. The third kappa shape index (κ3) is 2.27. The summed E-state index contributed by atoms with van der Waals surface area (Å²) in [7, 11) is 0. The maximum Gasteiger partial charge on any atom is 0.274 e. The molecule has 0 fully saturated rings. The first-order chi connectivity index (χ1) is 6.90. The molecule has 4 nitrogen and oxygen atoms in total. The number of nitro benzene ring substituents is 1. The molecule has 1 rings (SSSR count). The Bertz CT molecular complexity index is 390. The Morgan fingerprint density at radius 3 is 2.60 bits per heavy atom. The number of hydrogen-bond donors (Lipinski definition) is 1. The highest BCUT2D eigenvalue weighted by molar-refractivity contribution is 6.31. The molecule has 0 aliphatic rings. The number of halogens is 1. The van der Waals surface area contributed by atoms with Crippen LogP contribution in [0.4, 0.5) is 5.69 Å². The van der Waals surface area contributed by atoms with Gasteiger partial charge in [0.2, 0.25) is 0 Å². The minimum absolute atomic E-state index is 0.0541. The van der Waals surface area contributed by atoms with Crippen LogP contribution in [0.25, 0.3) is 0 Å². The van der Waals surface area contributed by atoms with Gasteiger partial charge in [0.25, 0.3) is 5.69 Å². The number of hydrogen-bond acceptors (Lipinski definition) is 3. The number of nitrogens with zero attached hydrogens (tertiary/aromatic N) is 1. The van der Waals surface area contributed by atoms with Crippen LogP contribution in [0.15, 0.2) is 18.2 Å². The second-order valence-corrected chi connectivity index (χ2v) is 4.34. The third-order valence-electron chi connectivity index (χ3n) is 2.26. The van der Waals surface area contributed by atoms with Crippen molar-refractivity contribution in [1.29, 1.82) is 0 Å². The van der Waals surface area contributed by atoms with Crippen LogP contribution in [0.2, 0.25) is 5.02 Å². The van der Waals surface area contributed by atoms with Crippen LogP contribution in [0.3, 0.4) is 0 Å². The Hall–Kier alpha value is -1.13. The molecule has 0 radical (unpaired) electrons. The molecule has 0 amide bonds. The Morgan fingerprint density at radius 1 is 1.53 bits per heavy atom. The number of benzene rings is 1. The first-order valence-electron chi connectivity index (χ1n) is 4.44. The number of aliphatic hydroxyl groups excluding tert-OH is 1. The summed E-state index contributed by atoms with van der Waals surface area (Å²) >= 11 is 5.92. The van der Waals surface area contributed by atoms with Crippen molar-refractivity contribution in [2.24, 2.45) is 0 Å². The molecule has 0 unspecified atom stereocenters. The first kappa shape index (κ1) is 11.9. The van der Waals surface area contributed by atoms with Gasteiger partial charge in [0, 0.05) is 11.5 Å². The SMILES string of the molecule is CC(C)(CO)c1c(Cl)cccc1[N+](=O)[O-]. The van der Waals surface area contributed by atoms with Gasteiger partial charge in [-0.25, -0.2) is 0 Å². The Kier molecular flexibility index (Phi) is 3.31. The topological polar surface area (TPSA) is 63.4 Å². The average Bonchev–Trinajstić information content (AvgIpc) is 2.17. The van der Waals surface area contributed by atoms with Gasteiger partial charge in [-0.3, -0.25) is 10.1 Å². The zero-order valence-electron chi connectivity index (χ0n) is 8.53. The van der Waals surface area contributed by atoms with Gasteiger partial charge < -0.3 is 5.11 Å². The fourth-order valence-electron chi connectivity index (χ4n) is 1.41. The van der Waals surface area contributed by atoms with E-state index in [1.54, 1.807) is 19.9 Å². The van der Waals surface area contributed by atoms with Gasteiger partial charge in [-0.15, -0.1) is 0 Å². The van der Waals surface area contributed by atoms with Gasteiger partial charge in [-0.05, 0) is 6.07 Å². The van der Waals surface area contributed by atoms with Crippen molar-refractivity contribution in [3.8, 4) is 0 Å². The normalized spacial score (nSPS) is 11.5. The van der Waals surface area contributed by atoms with Crippen molar-refractivity contribution < 1.29 is 10.0 Å². The summed E-state index contributed by atoms with van der Waals surface area (Å²) < 4.78 is 0. The molecule has 0 saturated carbocycles. The van der Waals surface area contributed by atoms with E-state index >= 15 is 0 Å². The molecule has 0 aromatic heterocycles. The van der Waals surface area contributed by atoms with Gasteiger partial charge in [0.15, 0.2) is 0 Å². The minimum Gasteiger partial charge on any atom is -0.395 e. The van der Waals surface area contributed by atoms with Crippen LogP contribution in [0, 0.1) is 10.1 Å². The quantitative estimate of drug-likeness (QED) is 0.640. The lowest BCUT2D eigenvalue weighted by Gasteiger charge is -2.22. The lowest BCUT2D eigenvalue weighted by Crippen LogP contribution is -2.23. The van der Waals surface area contributed by atoms with E-state index < -0.39 is 10.3 Å². The fourth-order valence-corrected chi connectivity index (χ4v) is 1.84. The van der Waals surface area contributed by atoms with Crippen molar-refractivity contribution in [1.82, 2.24) is 0 Å². The monoisotopic (exact) mass is 229 g/mol. The van der Waals surface area contributed by atoms with E-state index in [0.717, 1.165) is 0 Å². The molecule has 0 aliphatic carbocycles. The van der Waals surface area contributed by atoms with E-state index in [2.05, 4.69) is 0 Å². The minimum atomic E-state index is -0.721. The molecule has 1 N–H and O–H groups in total. The van der Waals surface area contributed by atoms with Crippen molar-refractivity contribution in [2.45, 2.75) is 19.3 Å². The van der Waals surface area contributed by atoms with Gasteiger partial charge in [-0.1, -0.05) is 31.5 Å². The van der Waals surface area contributed by atoms with Crippen molar-refractivity contribution >= 4 is 17.3 Å². The smallest absolute Gasteiger partial charge is 0.274 e. The van der Waals surface area contributed by atoms with E-state index in [1.807, 2.05) is 0 Å². The molecule has 15 heavy (non-hydrogen) atoms. The highest BCUT2D eigenvalue weighted by Crippen LogP contribution is 2.36. The van der Waals surface area contributed by atoms with Gasteiger partial charge in [0.1, 0.15) is 0 Å². The molecule has 0 heterocycles. The zero-order valence-corrected chi connectivity index (χ0v) is 9.28. The second-order valence-electron chi connectivity index (χ2n) is 3.93. The predicted octanol–water partition coefficient (Wildman–Crippen LogP) is 2.52. The summed E-state index contributed by atoms with van der Waals surface area (Å²) in [6.07, 6.45) is 0. The average molecular weight is 230 g/mol. The number of aliphatic hydroxyl groups is 1. The van der Waals surface area contributed by atoms with E-state index in [-0.39, 0.29) is 12.3 Å². The molecule has 0 spiro atoms. The van der Waals surface area contributed by atoms with Crippen molar-refractivity contribution in [3.63, 3.8) is 0 Å². The van der Waals surface area contributed by atoms with E-state index in [1.165, 1.54) is 12.1 Å². The number of nitro groups is 1. The summed E-state index contributed by atoms with van der Waals surface area (Å²) in [5.41, 5.74) is -0.401. The Morgan fingerprint density at radius 2 is 2.13 bits per heavy atom. The highest BCUT2D eigenvalue weighted by atomic mass is 35.5. The predicted molar refractivity (Wildman–Crippen MR) is 58.2 cm³/mol. The third-order valence-corrected chi connectivity index (χ3v) is 2.58. The summed E-state index contributed by atoms with van der Waals surface area (Å²) in [6, 6.07) is 4.50. The van der Waals surface area contributed by atoms with Crippen LogP contribution in [-0.2, 0) is 5.41 Å². The van der Waals surface area contributed by atoms with E-state index in [9.17, 15) is 15.2 Å². The molecule has 0 saturated heterocycles. The molecule has 0 aliphatic heterocycles. The standard InChI is InChI=1S/C10H12ClNO3/c1-10(2,6-13)9-7(11)4-3-5-8(9)12(14)15/h3-5,13H,6H2,1-2H3. The second kappa shape index (κ2) is 4.16. The van der Waals surface area contributed by atoms with Crippen LogP contribution in [0.5, 0.6) is 0 Å².